The van der Waals surface area contributed by atoms with Crippen molar-refractivity contribution in [3.05, 3.63) is 29.8 Å². The molecule has 0 saturated carbocycles. The molecule has 6 heteroatoms. The number of nitrogens with one attached hydrogen (secondary N) is 1. The predicted molar refractivity (Wildman–Crippen MR) is 81.8 cm³/mol. The minimum atomic E-state index is -0.0278. The fourth-order valence-electron chi connectivity index (χ4n) is 2.30. The minimum Gasteiger partial charge on any atom is -1.00 e. The third-order valence-electron chi connectivity index (χ3n) is 3.47. The third-order valence-corrected chi connectivity index (χ3v) is 3.47. The second-order valence-electron chi connectivity index (χ2n) is 5.02. The Bertz CT molecular complexity index is 434. The van der Waals surface area contributed by atoms with Crippen LogP contribution in [-0.4, -0.2) is 56.8 Å². The van der Waals surface area contributed by atoms with Crippen LogP contribution in [0.4, 0.5) is 0 Å². The lowest BCUT2D eigenvalue weighted by Gasteiger charge is -2.26. The van der Waals surface area contributed by atoms with E-state index in [1.54, 1.807) is 12.1 Å². The summed E-state index contributed by atoms with van der Waals surface area (Å²) in [6, 6.07) is 7.24. The molecule has 1 aromatic carbocycles. The summed E-state index contributed by atoms with van der Waals surface area (Å²) in [4.78, 5) is 14.3. The maximum absolute atomic E-state index is 12.0. The zero-order chi connectivity index (χ0) is 14.9. The Hall–Kier alpha value is -1.30. The van der Waals surface area contributed by atoms with Crippen LogP contribution in [0.15, 0.2) is 24.3 Å². The van der Waals surface area contributed by atoms with Crippen LogP contribution in [0.5, 0.6) is 5.75 Å². The van der Waals surface area contributed by atoms with E-state index in [2.05, 4.69) is 10.2 Å². The first kappa shape index (κ1) is 18.7. The SMILES string of the molecule is CCOc1ccc(C(=O)NCCCN2CCOCC2)cc1.[Cl-]. The van der Waals surface area contributed by atoms with Gasteiger partial charge in [0, 0.05) is 25.2 Å². The maximum atomic E-state index is 12.0. The Kier molecular flexibility index (Phi) is 8.89. The minimum absolute atomic E-state index is 0. The number of carbonyl (C=O) groups is 1. The molecule has 5 nitrogen and oxygen atoms in total. The number of amides is 1. The van der Waals surface area contributed by atoms with Crippen molar-refractivity contribution in [3.8, 4) is 5.75 Å². The number of benzene rings is 1. The first-order valence-corrected chi connectivity index (χ1v) is 7.60. The standard InChI is InChI=1S/C16H24N2O3.ClH/c1-2-21-15-6-4-14(5-7-15)16(19)17-8-3-9-18-10-12-20-13-11-18;/h4-7H,2-3,8-13H2,1H3,(H,17,19);1H/p-1. The molecule has 2 rings (SSSR count). The number of morpholine rings is 1. The number of hydrogen-bond donors (Lipinski definition) is 1. The Morgan fingerprint density at radius 2 is 1.95 bits per heavy atom. The molecular formula is C16H24ClN2O3-. The molecule has 1 saturated heterocycles. The van der Waals surface area contributed by atoms with Crippen molar-refractivity contribution in [3.63, 3.8) is 0 Å². The highest BCUT2D eigenvalue weighted by atomic mass is 35.5. The van der Waals surface area contributed by atoms with E-state index in [0.717, 1.165) is 45.0 Å². The third kappa shape index (κ3) is 6.22. The van der Waals surface area contributed by atoms with Gasteiger partial charge in [0.05, 0.1) is 19.8 Å². The van der Waals surface area contributed by atoms with Crippen LogP contribution < -0.4 is 22.5 Å². The zero-order valence-corrected chi connectivity index (χ0v) is 13.8. The molecule has 0 radical (unpaired) electrons. The summed E-state index contributed by atoms with van der Waals surface area (Å²) in [5.74, 6) is 0.765. The predicted octanol–water partition coefficient (Wildman–Crippen LogP) is -1.46. The van der Waals surface area contributed by atoms with Crippen LogP contribution in [0.3, 0.4) is 0 Å². The van der Waals surface area contributed by atoms with Gasteiger partial charge in [-0.05, 0) is 44.2 Å². The van der Waals surface area contributed by atoms with Gasteiger partial charge in [0.15, 0.2) is 0 Å². The molecule has 1 aliphatic heterocycles. The molecule has 1 amide bonds. The fraction of sp³-hybridized carbons (Fsp3) is 0.562. The number of ether oxygens (including phenoxy) is 2. The molecule has 1 aliphatic rings. The molecule has 0 aliphatic carbocycles. The van der Waals surface area contributed by atoms with Crippen molar-refractivity contribution >= 4 is 5.91 Å². The number of nitrogens with zero attached hydrogens (tertiary/aromatic N) is 1. The van der Waals surface area contributed by atoms with Gasteiger partial charge < -0.3 is 27.2 Å². The summed E-state index contributed by atoms with van der Waals surface area (Å²) in [6.07, 6.45) is 0.961. The number of rotatable bonds is 7. The van der Waals surface area contributed by atoms with Gasteiger partial charge in [-0.15, -0.1) is 0 Å². The van der Waals surface area contributed by atoms with E-state index in [0.29, 0.717) is 18.7 Å². The first-order valence-electron chi connectivity index (χ1n) is 7.60. The lowest BCUT2D eigenvalue weighted by atomic mass is 10.2. The lowest BCUT2D eigenvalue weighted by Crippen LogP contribution is -3.00. The Labute approximate surface area is 138 Å². The van der Waals surface area contributed by atoms with Crippen LogP contribution in [0.1, 0.15) is 23.7 Å². The topological polar surface area (TPSA) is 50.8 Å². The van der Waals surface area contributed by atoms with Crippen LogP contribution in [-0.2, 0) is 4.74 Å². The van der Waals surface area contributed by atoms with Crippen molar-refractivity contribution < 1.29 is 26.7 Å². The molecule has 0 atom stereocenters. The summed E-state index contributed by atoms with van der Waals surface area (Å²) >= 11 is 0. The van der Waals surface area contributed by atoms with Gasteiger partial charge in [-0.1, -0.05) is 0 Å². The Balaban J connectivity index is 0.00000242. The second kappa shape index (κ2) is 10.4. The van der Waals surface area contributed by atoms with E-state index in [1.165, 1.54) is 0 Å². The maximum Gasteiger partial charge on any atom is 0.251 e. The van der Waals surface area contributed by atoms with Gasteiger partial charge in [-0.2, -0.15) is 0 Å². The number of halogens is 1. The number of hydrogen-bond acceptors (Lipinski definition) is 4. The van der Waals surface area contributed by atoms with Crippen molar-refractivity contribution in [2.45, 2.75) is 13.3 Å². The monoisotopic (exact) mass is 327 g/mol. The summed E-state index contributed by atoms with van der Waals surface area (Å²) in [5, 5.41) is 2.95. The highest BCUT2D eigenvalue weighted by Gasteiger charge is 2.10. The second-order valence-corrected chi connectivity index (χ2v) is 5.02. The average molecular weight is 328 g/mol. The zero-order valence-electron chi connectivity index (χ0n) is 13.0. The molecule has 22 heavy (non-hydrogen) atoms. The van der Waals surface area contributed by atoms with Crippen molar-refractivity contribution in [1.82, 2.24) is 10.2 Å². The van der Waals surface area contributed by atoms with Crippen LogP contribution in [0.2, 0.25) is 0 Å². The van der Waals surface area contributed by atoms with Crippen LogP contribution in [0, 0.1) is 0 Å². The molecule has 1 N–H and O–H groups in total. The molecule has 1 heterocycles. The van der Waals surface area contributed by atoms with E-state index in [1.807, 2.05) is 19.1 Å². The van der Waals surface area contributed by atoms with Crippen molar-refractivity contribution in [2.24, 2.45) is 0 Å². The van der Waals surface area contributed by atoms with Gasteiger partial charge in [-0.25, -0.2) is 0 Å². The van der Waals surface area contributed by atoms with E-state index in [-0.39, 0.29) is 18.3 Å². The lowest BCUT2D eigenvalue weighted by molar-refractivity contribution is -0.0000145. The molecular weight excluding hydrogens is 304 g/mol. The molecule has 1 fully saturated rings. The summed E-state index contributed by atoms with van der Waals surface area (Å²) in [6.45, 7) is 7.90. The van der Waals surface area contributed by atoms with Crippen LogP contribution in [0.25, 0.3) is 0 Å². The summed E-state index contributed by atoms with van der Waals surface area (Å²) < 4.78 is 10.7. The van der Waals surface area contributed by atoms with Gasteiger partial charge >= 0.3 is 0 Å². The molecule has 0 spiro atoms. The van der Waals surface area contributed by atoms with E-state index < -0.39 is 0 Å². The van der Waals surface area contributed by atoms with Gasteiger partial charge in [0.1, 0.15) is 5.75 Å². The van der Waals surface area contributed by atoms with E-state index in [9.17, 15) is 4.79 Å². The summed E-state index contributed by atoms with van der Waals surface area (Å²) in [7, 11) is 0. The molecule has 0 bridgehead atoms. The Morgan fingerprint density at radius 1 is 1.27 bits per heavy atom. The van der Waals surface area contributed by atoms with Gasteiger partial charge in [-0.3, -0.25) is 9.69 Å². The average Bonchev–Trinajstić information content (AvgIpc) is 2.53. The normalized spacial score (nSPS) is 15.0. The molecule has 124 valence electrons. The Morgan fingerprint density at radius 3 is 2.59 bits per heavy atom. The quantitative estimate of drug-likeness (QED) is 0.622. The largest absolute Gasteiger partial charge is 1.00 e. The smallest absolute Gasteiger partial charge is 0.251 e. The number of carbonyl (C=O) groups excluding carboxylic acids is 1. The highest BCUT2D eigenvalue weighted by molar-refractivity contribution is 5.94. The molecule has 0 unspecified atom stereocenters. The van der Waals surface area contributed by atoms with Crippen molar-refractivity contribution in [1.29, 1.82) is 0 Å². The highest BCUT2D eigenvalue weighted by Crippen LogP contribution is 2.11. The van der Waals surface area contributed by atoms with Crippen molar-refractivity contribution in [2.75, 3.05) is 46.0 Å². The van der Waals surface area contributed by atoms with Gasteiger partial charge in [0.2, 0.25) is 0 Å². The molecule has 0 aromatic heterocycles. The van der Waals surface area contributed by atoms with E-state index in [4.69, 9.17) is 9.47 Å². The first-order chi connectivity index (χ1) is 10.3. The van der Waals surface area contributed by atoms with Crippen LogP contribution >= 0.6 is 0 Å². The van der Waals surface area contributed by atoms with E-state index >= 15 is 0 Å². The summed E-state index contributed by atoms with van der Waals surface area (Å²) in [5.41, 5.74) is 0.671. The fourth-order valence-corrected chi connectivity index (χ4v) is 2.30. The molecule has 1 aromatic rings. The van der Waals surface area contributed by atoms with Gasteiger partial charge in [0.25, 0.3) is 5.91 Å².